The summed E-state index contributed by atoms with van der Waals surface area (Å²) in [7, 11) is 0. The molecule has 0 fully saturated rings. The van der Waals surface area contributed by atoms with Crippen molar-refractivity contribution in [3.05, 3.63) is 48.0 Å². The summed E-state index contributed by atoms with van der Waals surface area (Å²) in [6.45, 7) is 3.41. The van der Waals surface area contributed by atoms with Crippen LogP contribution in [0.4, 0.5) is 0 Å². The highest BCUT2D eigenvalue weighted by atomic mass is 16.3. The fraction of sp³-hybridized carbons (Fsp3) is 0.333. The first-order valence-electron chi connectivity index (χ1n) is 4.68. The summed E-state index contributed by atoms with van der Waals surface area (Å²) in [6, 6.07) is 9.15. The van der Waals surface area contributed by atoms with Crippen LogP contribution in [0.1, 0.15) is 19.4 Å². The van der Waals surface area contributed by atoms with Crippen LogP contribution >= 0.6 is 0 Å². The Morgan fingerprint density at radius 3 is 2.36 bits per heavy atom. The minimum Gasteiger partial charge on any atom is -0.386 e. The molecule has 0 spiro atoms. The highest BCUT2D eigenvalue weighted by molar-refractivity contribution is 5.24. The van der Waals surface area contributed by atoms with Crippen molar-refractivity contribution in [3.63, 3.8) is 0 Å². The Morgan fingerprint density at radius 1 is 1.29 bits per heavy atom. The maximum atomic E-state index is 10.1. The fourth-order valence-corrected chi connectivity index (χ4v) is 1.32. The van der Waals surface area contributed by atoms with E-state index in [2.05, 4.69) is 0 Å². The minimum absolute atomic E-state index is 0.714. The number of allylic oxidation sites excluding steroid dienone is 1. The number of aliphatic hydroxyl groups excluding tert-OH is 1. The predicted molar refractivity (Wildman–Crippen MR) is 56.8 cm³/mol. The van der Waals surface area contributed by atoms with E-state index in [0.717, 1.165) is 0 Å². The first-order valence-corrected chi connectivity index (χ1v) is 4.68. The average Bonchev–Trinajstić information content (AvgIpc) is 2.19. The molecular formula is C12H16O2. The third-order valence-electron chi connectivity index (χ3n) is 2.31. The van der Waals surface area contributed by atoms with Crippen molar-refractivity contribution in [2.75, 3.05) is 0 Å². The Bertz CT molecular complexity index is 301. The zero-order valence-electron chi connectivity index (χ0n) is 8.51. The Labute approximate surface area is 84.5 Å². The standard InChI is InChI=1S/C12H16O2/c1-3-7-11(13)12(2,14)10-8-5-4-6-9-10/h3-9,11,13-14H,1-2H3/b7-3+/t11-,12+/m1/s1. The monoisotopic (exact) mass is 192 g/mol. The SMILES string of the molecule is C/C=C/[C@@H](O)[C@@](C)(O)c1ccccc1. The van der Waals surface area contributed by atoms with Crippen LogP contribution in [0.2, 0.25) is 0 Å². The molecule has 1 rings (SSSR count). The maximum absolute atomic E-state index is 10.1. The molecule has 0 aromatic heterocycles. The Morgan fingerprint density at radius 2 is 1.86 bits per heavy atom. The van der Waals surface area contributed by atoms with Gasteiger partial charge in [-0.05, 0) is 19.4 Å². The zero-order chi connectivity index (χ0) is 10.6. The summed E-state index contributed by atoms with van der Waals surface area (Å²) in [5.74, 6) is 0. The molecule has 2 nitrogen and oxygen atoms in total. The third-order valence-corrected chi connectivity index (χ3v) is 2.31. The molecule has 2 atom stereocenters. The van der Waals surface area contributed by atoms with Gasteiger partial charge in [-0.1, -0.05) is 42.5 Å². The predicted octanol–water partition coefficient (Wildman–Crippen LogP) is 1.83. The van der Waals surface area contributed by atoms with Gasteiger partial charge in [0.1, 0.15) is 11.7 Å². The molecule has 2 heteroatoms. The summed E-state index contributed by atoms with van der Waals surface area (Å²) in [5, 5.41) is 19.8. The smallest absolute Gasteiger partial charge is 0.116 e. The van der Waals surface area contributed by atoms with Crippen LogP contribution in [0.5, 0.6) is 0 Å². The number of aliphatic hydroxyl groups is 2. The quantitative estimate of drug-likeness (QED) is 0.717. The Kier molecular flexibility index (Phi) is 3.44. The van der Waals surface area contributed by atoms with Gasteiger partial charge in [0.15, 0.2) is 0 Å². The van der Waals surface area contributed by atoms with E-state index >= 15 is 0 Å². The molecule has 0 amide bonds. The van der Waals surface area contributed by atoms with E-state index in [-0.39, 0.29) is 0 Å². The Balaban J connectivity index is 2.95. The van der Waals surface area contributed by atoms with Crippen LogP contribution in [-0.4, -0.2) is 16.3 Å². The molecule has 0 heterocycles. The molecule has 0 bridgehead atoms. The second kappa shape index (κ2) is 4.40. The molecule has 0 unspecified atom stereocenters. The fourth-order valence-electron chi connectivity index (χ4n) is 1.32. The van der Waals surface area contributed by atoms with Gasteiger partial charge in [0.05, 0.1) is 0 Å². The average molecular weight is 192 g/mol. The molecule has 0 saturated heterocycles. The van der Waals surface area contributed by atoms with Gasteiger partial charge >= 0.3 is 0 Å². The van der Waals surface area contributed by atoms with Gasteiger partial charge in [0, 0.05) is 0 Å². The number of hydrogen-bond donors (Lipinski definition) is 2. The van der Waals surface area contributed by atoms with Crippen LogP contribution in [0.25, 0.3) is 0 Å². The molecule has 0 aliphatic rings. The lowest BCUT2D eigenvalue weighted by Gasteiger charge is -2.27. The normalized spacial score (nSPS) is 18.0. The molecule has 0 saturated carbocycles. The van der Waals surface area contributed by atoms with Gasteiger partial charge in [0.25, 0.3) is 0 Å². The van der Waals surface area contributed by atoms with Crippen molar-refractivity contribution in [2.45, 2.75) is 25.6 Å². The molecule has 1 aromatic rings. The van der Waals surface area contributed by atoms with E-state index in [0.29, 0.717) is 5.56 Å². The topological polar surface area (TPSA) is 40.5 Å². The number of hydrogen-bond acceptors (Lipinski definition) is 2. The summed E-state index contributed by atoms with van der Waals surface area (Å²) in [4.78, 5) is 0. The summed E-state index contributed by atoms with van der Waals surface area (Å²) < 4.78 is 0. The van der Waals surface area contributed by atoms with E-state index in [1.165, 1.54) is 0 Å². The molecule has 0 radical (unpaired) electrons. The lowest BCUT2D eigenvalue weighted by atomic mass is 9.90. The minimum atomic E-state index is -1.23. The van der Waals surface area contributed by atoms with Crippen molar-refractivity contribution in [1.29, 1.82) is 0 Å². The molecule has 76 valence electrons. The lowest BCUT2D eigenvalue weighted by Crippen LogP contribution is -2.34. The van der Waals surface area contributed by atoms with Gasteiger partial charge in [-0.15, -0.1) is 0 Å². The van der Waals surface area contributed by atoms with Gasteiger partial charge in [-0.25, -0.2) is 0 Å². The van der Waals surface area contributed by atoms with Crippen LogP contribution in [-0.2, 0) is 5.60 Å². The zero-order valence-corrected chi connectivity index (χ0v) is 8.51. The molecule has 2 N–H and O–H groups in total. The van der Waals surface area contributed by atoms with Crippen LogP contribution < -0.4 is 0 Å². The van der Waals surface area contributed by atoms with Crippen molar-refractivity contribution < 1.29 is 10.2 Å². The molecule has 14 heavy (non-hydrogen) atoms. The Hall–Kier alpha value is -1.12. The molecule has 1 aromatic carbocycles. The molecule has 0 aliphatic carbocycles. The van der Waals surface area contributed by atoms with Crippen molar-refractivity contribution >= 4 is 0 Å². The van der Waals surface area contributed by atoms with E-state index in [1.54, 1.807) is 31.2 Å². The van der Waals surface area contributed by atoms with Gasteiger partial charge in [0.2, 0.25) is 0 Å². The summed E-state index contributed by atoms with van der Waals surface area (Å²) in [6.07, 6.45) is 2.42. The van der Waals surface area contributed by atoms with Gasteiger partial charge < -0.3 is 10.2 Å². The van der Waals surface area contributed by atoms with Crippen molar-refractivity contribution in [2.24, 2.45) is 0 Å². The first kappa shape index (κ1) is 11.0. The second-order valence-corrected chi connectivity index (χ2v) is 3.48. The number of rotatable bonds is 3. The van der Waals surface area contributed by atoms with E-state index in [4.69, 9.17) is 0 Å². The van der Waals surface area contributed by atoms with Crippen LogP contribution in [0.15, 0.2) is 42.5 Å². The van der Waals surface area contributed by atoms with E-state index < -0.39 is 11.7 Å². The van der Waals surface area contributed by atoms with Crippen LogP contribution in [0.3, 0.4) is 0 Å². The van der Waals surface area contributed by atoms with Crippen molar-refractivity contribution in [3.8, 4) is 0 Å². The van der Waals surface area contributed by atoms with Gasteiger partial charge in [-0.3, -0.25) is 0 Å². The first-order chi connectivity index (χ1) is 6.59. The van der Waals surface area contributed by atoms with E-state index in [9.17, 15) is 10.2 Å². The molecule has 0 aliphatic heterocycles. The summed E-state index contributed by atoms with van der Waals surface area (Å²) >= 11 is 0. The maximum Gasteiger partial charge on any atom is 0.116 e. The highest BCUT2D eigenvalue weighted by Crippen LogP contribution is 2.24. The third kappa shape index (κ3) is 2.22. The lowest BCUT2D eigenvalue weighted by molar-refractivity contribution is -0.0424. The van der Waals surface area contributed by atoms with E-state index in [1.807, 2.05) is 25.1 Å². The largest absolute Gasteiger partial charge is 0.386 e. The van der Waals surface area contributed by atoms with Gasteiger partial charge in [-0.2, -0.15) is 0 Å². The second-order valence-electron chi connectivity index (χ2n) is 3.48. The molecular weight excluding hydrogens is 176 g/mol. The van der Waals surface area contributed by atoms with Crippen molar-refractivity contribution in [1.82, 2.24) is 0 Å². The highest BCUT2D eigenvalue weighted by Gasteiger charge is 2.29. The number of benzene rings is 1. The van der Waals surface area contributed by atoms with Crippen LogP contribution in [0, 0.1) is 0 Å². The summed E-state index contributed by atoms with van der Waals surface area (Å²) in [5.41, 5.74) is -0.515.